The summed E-state index contributed by atoms with van der Waals surface area (Å²) in [7, 11) is -3.38. The van der Waals surface area contributed by atoms with Crippen LogP contribution in [0.1, 0.15) is 24.8 Å². The van der Waals surface area contributed by atoms with Crippen molar-refractivity contribution in [2.24, 2.45) is 0 Å². The number of halogens is 1. The zero-order valence-corrected chi connectivity index (χ0v) is 11.2. The monoisotopic (exact) mass is 274 g/mol. The lowest BCUT2D eigenvalue weighted by Crippen LogP contribution is -2.39. The summed E-state index contributed by atoms with van der Waals surface area (Å²) in [5.41, 5.74) is 0.963. The minimum Gasteiger partial charge on any atom is -0.269 e. The molecule has 1 aliphatic rings. The summed E-state index contributed by atoms with van der Waals surface area (Å²) in [6.07, 6.45) is 4.12. The zero-order valence-electron chi connectivity index (χ0n) is 9.65. The van der Waals surface area contributed by atoms with Gasteiger partial charge in [0.15, 0.2) is 0 Å². The van der Waals surface area contributed by atoms with Crippen LogP contribution < -0.4 is 0 Å². The lowest BCUT2D eigenvalue weighted by molar-refractivity contribution is 0.141. The van der Waals surface area contributed by atoms with Gasteiger partial charge >= 0.3 is 0 Å². The van der Waals surface area contributed by atoms with Crippen molar-refractivity contribution >= 4 is 21.7 Å². The molecule has 0 aromatic heterocycles. The van der Waals surface area contributed by atoms with Gasteiger partial charge in [-0.2, -0.15) is 8.42 Å². The molecule has 0 radical (unpaired) electrons. The first-order valence-corrected chi connectivity index (χ1v) is 7.71. The Kier molecular flexibility index (Phi) is 3.48. The van der Waals surface area contributed by atoms with E-state index in [2.05, 4.69) is 0 Å². The van der Waals surface area contributed by atoms with Gasteiger partial charge in [-0.15, -0.1) is 0 Å². The Labute approximate surface area is 107 Å². The maximum Gasteiger partial charge on any atom is 0.264 e. The molecule has 0 N–H and O–H groups in total. The summed E-state index contributed by atoms with van der Waals surface area (Å²) in [6.45, 7) is 0.230. The highest BCUT2D eigenvalue weighted by atomic mass is 35.5. The van der Waals surface area contributed by atoms with Crippen molar-refractivity contribution in [1.29, 1.82) is 0 Å². The van der Waals surface area contributed by atoms with Crippen LogP contribution in [0.15, 0.2) is 24.3 Å². The molecule has 1 saturated carbocycles. The molecule has 0 bridgehead atoms. The second-order valence-electron chi connectivity index (χ2n) is 4.61. The topological polar surface area (TPSA) is 43.4 Å². The molecule has 0 saturated heterocycles. The first-order valence-electron chi connectivity index (χ1n) is 5.52. The fraction of sp³-hybridized carbons (Fsp3) is 0.500. The van der Waals surface area contributed by atoms with Gasteiger partial charge in [0.2, 0.25) is 0 Å². The van der Waals surface area contributed by atoms with Crippen LogP contribution in [-0.4, -0.2) is 21.3 Å². The third-order valence-corrected chi connectivity index (χ3v) is 4.11. The van der Waals surface area contributed by atoms with E-state index in [0.717, 1.165) is 31.1 Å². The number of hydrogen-bond donors (Lipinski definition) is 0. The van der Waals surface area contributed by atoms with Crippen LogP contribution in [0.2, 0.25) is 5.02 Å². The van der Waals surface area contributed by atoms with Crippen molar-refractivity contribution in [3.63, 3.8) is 0 Å². The molecule has 1 fully saturated rings. The summed E-state index contributed by atoms with van der Waals surface area (Å²) < 4.78 is 27.1. The molecule has 0 atom stereocenters. The minimum absolute atomic E-state index is 0.145. The lowest BCUT2D eigenvalue weighted by atomic mass is 9.65. The smallest absolute Gasteiger partial charge is 0.264 e. The van der Waals surface area contributed by atoms with Gasteiger partial charge in [0.25, 0.3) is 10.1 Å². The van der Waals surface area contributed by atoms with Gasteiger partial charge < -0.3 is 0 Å². The standard InChI is InChI=1S/C12H15ClO3S/c1-17(14,15)16-9-12(7-2-8-12)10-3-5-11(13)6-4-10/h3-6H,2,7-9H2,1H3. The molecule has 1 aromatic carbocycles. The van der Waals surface area contributed by atoms with E-state index in [9.17, 15) is 8.42 Å². The van der Waals surface area contributed by atoms with E-state index in [1.165, 1.54) is 0 Å². The molecule has 0 unspecified atom stereocenters. The summed E-state index contributed by atoms with van der Waals surface area (Å²) in [5.74, 6) is 0. The van der Waals surface area contributed by atoms with Gasteiger partial charge in [0.05, 0.1) is 12.9 Å². The SMILES string of the molecule is CS(=O)(=O)OCC1(c2ccc(Cl)cc2)CCC1. The predicted octanol–water partition coefficient (Wildman–Crippen LogP) is 2.74. The third kappa shape index (κ3) is 3.00. The Morgan fingerprint density at radius 2 is 1.88 bits per heavy atom. The van der Waals surface area contributed by atoms with Crippen molar-refractivity contribution in [1.82, 2.24) is 0 Å². The number of benzene rings is 1. The predicted molar refractivity (Wildman–Crippen MR) is 67.8 cm³/mol. The van der Waals surface area contributed by atoms with E-state index >= 15 is 0 Å². The van der Waals surface area contributed by atoms with Crippen LogP contribution in [0.3, 0.4) is 0 Å². The Morgan fingerprint density at radius 3 is 2.29 bits per heavy atom. The van der Waals surface area contributed by atoms with E-state index in [4.69, 9.17) is 15.8 Å². The van der Waals surface area contributed by atoms with Crippen LogP contribution in [0.5, 0.6) is 0 Å². The van der Waals surface area contributed by atoms with Crippen molar-refractivity contribution in [3.8, 4) is 0 Å². The molecule has 5 heteroatoms. The molecule has 0 aliphatic heterocycles. The van der Waals surface area contributed by atoms with Crippen LogP contribution >= 0.6 is 11.6 Å². The first kappa shape index (κ1) is 12.9. The normalized spacial score (nSPS) is 18.7. The van der Waals surface area contributed by atoms with E-state index < -0.39 is 10.1 Å². The van der Waals surface area contributed by atoms with Gasteiger partial charge in [-0.05, 0) is 30.5 Å². The second-order valence-corrected chi connectivity index (χ2v) is 6.69. The molecule has 94 valence electrons. The number of hydrogen-bond acceptors (Lipinski definition) is 3. The average molecular weight is 275 g/mol. The second kappa shape index (κ2) is 4.59. The third-order valence-electron chi connectivity index (χ3n) is 3.32. The highest BCUT2D eigenvalue weighted by Crippen LogP contribution is 2.44. The van der Waals surface area contributed by atoms with Gasteiger partial charge in [-0.1, -0.05) is 30.2 Å². The fourth-order valence-electron chi connectivity index (χ4n) is 2.14. The quantitative estimate of drug-likeness (QED) is 0.793. The molecular weight excluding hydrogens is 260 g/mol. The molecule has 2 rings (SSSR count). The van der Waals surface area contributed by atoms with E-state index in [1.807, 2.05) is 24.3 Å². The van der Waals surface area contributed by atoms with E-state index in [-0.39, 0.29) is 12.0 Å². The molecule has 1 aliphatic carbocycles. The average Bonchev–Trinajstić information content (AvgIpc) is 2.17. The van der Waals surface area contributed by atoms with Crippen molar-refractivity contribution in [3.05, 3.63) is 34.9 Å². The molecule has 3 nitrogen and oxygen atoms in total. The maximum absolute atomic E-state index is 11.1. The van der Waals surface area contributed by atoms with Gasteiger partial charge in [-0.3, -0.25) is 4.18 Å². The van der Waals surface area contributed by atoms with Crippen molar-refractivity contribution in [2.45, 2.75) is 24.7 Å². The van der Waals surface area contributed by atoms with E-state index in [1.54, 1.807) is 0 Å². The first-order chi connectivity index (χ1) is 7.91. The molecule has 0 heterocycles. The molecule has 17 heavy (non-hydrogen) atoms. The zero-order chi connectivity index (χ0) is 12.5. The summed E-state index contributed by atoms with van der Waals surface area (Å²) >= 11 is 5.85. The minimum atomic E-state index is -3.38. The van der Waals surface area contributed by atoms with Crippen LogP contribution in [0.4, 0.5) is 0 Å². The fourth-order valence-corrected chi connectivity index (χ4v) is 2.71. The summed E-state index contributed by atoms with van der Waals surface area (Å²) in [5, 5.41) is 0.687. The maximum atomic E-state index is 11.1. The molecular formula is C12H15ClO3S. The van der Waals surface area contributed by atoms with Gasteiger partial charge in [-0.25, -0.2) is 0 Å². The Bertz CT molecular complexity index is 489. The van der Waals surface area contributed by atoms with Crippen LogP contribution in [-0.2, 0) is 19.7 Å². The van der Waals surface area contributed by atoms with Crippen molar-refractivity contribution in [2.75, 3.05) is 12.9 Å². The molecule has 1 aromatic rings. The van der Waals surface area contributed by atoms with Crippen molar-refractivity contribution < 1.29 is 12.6 Å². The summed E-state index contributed by atoms with van der Waals surface area (Å²) in [6, 6.07) is 7.56. The van der Waals surface area contributed by atoms with Crippen LogP contribution in [0, 0.1) is 0 Å². The molecule has 0 amide bonds. The Hall–Kier alpha value is -0.580. The Balaban J connectivity index is 2.17. The highest BCUT2D eigenvalue weighted by Gasteiger charge is 2.39. The van der Waals surface area contributed by atoms with Gasteiger partial charge in [0.1, 0.15) is 0 Å². The van der Waals surface area contributed by atoms with E-state index in [0.29, 0.717) is 5.02 Å². The van der Waals surface area contributed by atoms with Crippen LogP contribution in [0.25, 0.3) is 0 Å². The summed E-state index contributed by atoms with van der Waals surface area (Å²) in [4.78, 5) is 0. The van der Waals surface area contributed by atoms with Gasteiger partial charge in [0, 0.05) is 10.4 Å². The lowest BCUT2D eigenvalue weighted by Gasteiger charge is -2.41. The Morgan fingerprint density at radius 1 is 1.29 bits per heavy atom. The highest BCUT2D eigenvalue weighted by molar-refractivity contribution is 7.85. The largest absolute Gasteiger partial charge is 0.269 e. The molecule has 0 spiro atoms. The number of rotatable bonds is 4.